The van der Waals surface area contributed by atoms with Crippen LogP contribution in [-0.2, 0) is 10.9 Å². The highest BCUT2D eigenvalue weighted by Gasteiger charge is 2.36. The number of nitrogens with two attached hydrogens (primary N) is 1. The molecule has 0 aromatic carbocycles. The maximum atomic E-state index is 10.7. The van der Waals surface area contributed by atoms with Crippen LogP contribution in [0.2, 0.25) is 0 Å². The van der Waals surface area contributed by atoms with Crippen molar-refractivity contribution in [3.05, 3.63) is 18.0 Å². The van der Waals surface area contributed by atoms with E-state index in [4.69, 9.17) is 14.8 Å². The Bertz CT molecular complexity index is 658. The van der Waals surface area contributed by atoms with Crippen LogP contribution in [0.3, 0.4) is 0 Å². The first-order chi connectivity index (χ1) is 13.0. The molecule has 0 spiro atoms. The average Bonchev–Trinajstić information content (AvgIpc) is 3.14. The molecule has 7 nitrogen and oxygen atoms in total. The number of hydrogen-bond acceptors (Lipinski definition) is 7. The van der Waals surface area contributed by atoms with Gasteiger partial charge in [-0.25, -0.2) is 9.97 Å². The molecule has 4 N–H and O–H groups in total. The van der Waals surface area contributed by atoms with E-state index >= 15 is 0 Å². The zero-order chi connectivity index (χ0) is 19.3. The number of nitrogens with zero attached hydrogens (tertiary/aromatic N) is 3. The molecule has 0 aliphatic heterocycles. The second-order valence-corrected chi connectivity index (χ2v) is 10.6. The third kappa shape index (κ3) is 5.67. The molecular weight excluding hydrogens is 381 g/mol. The lowest BCUT2D eigenvalue weighted by Crippen LogP contribution is -2.31. The Morgan fingerprint density at radius 3 is 2.85 bits per heavy atom. The fourth-order valence-electron chi connectivity index (χ4n) is 4.13. The van der Waals surface area contributed by atoms with E-state index in [1.54, 1.807) is 6.20 Å². The molecule has 3 rings (SSSR count). The van der Waals surface area contributed by atoms with Gasteiger partial charge in [0.05, 0.1) is 6.10 Å². The maximum absolute atomic E-state index is 10.7. The maximum Gasteiger partial charge on any atom is 0.225 e. The second-order valence-electron chi connectivity index (χ2n) is 7.69. The minimum absolute atomic E-state index is 0.0352. The van der Waals surface area contributed by atoms with E-state index in [1.807, 2.05) is 13.1 Å². The lowest BCUT2D eigenvalue weighted by atomic mass is 10.0. The van der Waals surface area contributed by atoms with Crippen molar-refractivity contribution in [3.8, 4) is 0 Å². The first kappa shape index (κ1) is 21.1. The average molecular weight is 414 g/mol. The molecule has 1 heterocycles. The van der Waals surface area contributed by atoms with Crippen molar-refractivity contribution >= 4 is 25.4 Å². The van der Waals surface area contributed by atoms with Gasteiger partial charge in [-0.05, 0) is 38.2 Å². The third-order valence-electron chi connectivity index (χ3n) is 5.78. The highest BCUT2D eigenvalue weighted by atomic mass is 32.2. The summed E-state index contributed by atoms with van der Waals surface area (Å²) in [5, 5.41) is 13.9. The predicted molar refractivity (Wildman–Crippen MR) is 112 cm³/mol. The lowest BCUT2D eigenvalue weighted by Gasteiger charge is -2.31. The fraction of sp³-hybridized carbons (Fsp3) is 0.778. The van der Waals surface area contributed by atoms with E-state index in [-0.39, 0.29) is 17.8 Å². The molecule has 2 saturated carbocycles. The second kappa shape index (κ2) is 9.70. The zero-order valence-electron chi connectivity index (χ0n) is 16.1. The van der Waals surface area contributed by atoms with Crippen LogP contribution in [0.4, 0.5) is 5.95 Å². The minimum Gasteiger partial charge on any atom is -0.341 e. The molecule has 27 heavy (non-hydrogen) atoms. The first-order valence-corrected chi connectivity index (χ1v) is 12.7. The van der Waals surface area contributed by atoms with Gasteiger partial charge in [0.1, 0.15) is 0 Å². The van der Waals surface area contributed by atoms with Gasteiger partial charge in [-0.2, -0.15) is 0 Å². The quantitative estimate of drug-likeness (QED) is 0.437. The molecule has 2 aliphatic rings. The van der Waals surface area contributed by atoms with Crippen LogP contribution in [0.15, 0.2) is 12.3 Å². The standard InChI is InChI=1S/C18H32N5O2PS/c1-23(18-21-11-9-14(22-18)10-12-27-20)15-7-8-16(13-15)25-26(19,24)17-5-3-2-4-6-17/h9,11,15-17H,2-8,10,12-13,20H2,1H3,(H2,19,24)/t15-,16-,26?/m0/s1. The van der Waals surface area contributed by atoms with Gasteiger partial charge in [0.25, 0.3) is 0 Å². The SMILES string of the molecule is CN(c1nccc(CCSN)n1)[C@H]1CC[C@H](OP(=N)(O)C2CCCCC2)C1. The van der Waals surface area contributed by atoms with Gasteiger partial charge in [-0.1, -0.05) is 31.2 Å². The molecule has 3 atom stereocenters. The molecule has 0 radical (unpaired) electrons. The van der Waals surface area contributed by atoms with Gasteiger partial charge in [0, 0.05) is 42.8 Å². The van der Waals surface area contributed by atoms with E-state index in [1.165, 1.54) is 18.4 Å². The molecule has 0 saturated heterocycles. The van der Waals surface area contributed by atoms with Crippen LogP contribution >= 0.6 is 19.5 Å². The monoisotopic (exact) mass is 413 g/mol. The molecule has 1 aromatic heterocycles. The van der Waals surface area contributed by atoms with Gasteiger partial charge >= 0.3 is 0 Å². The lowest BCUT2D eigenvalue weighted by molar-refractivity contribution is 0.191. The van der Waals surface area contributed by atoms with E-state index in [0.717, 1.165) is 68.8 Å². The Morgan fingerprint density at radius 1 is 1.33 bits per heavy atom. The number of aromatic nitrogens is 2. The smallest absolute Gasteiger partial charge is 0.225 e. The van der Waals surface area contributed by atoms with E-state index in [0.29, 0.717) is 0 Å². The Hall–Kier alpha value is -0.660. The van der Waals surface area contributed by atoms with Crippen molar-refractivity contribution in [2.24, 2.45) is 5.14 Å². The molecule has 0 bridgehead atoms. The van der Waals surface area contributed by atoms with Crippen LogP contribution in [0.25, 0.3) is 0 Å². The molecule has 0 amide bonds. The van der Waals surface area contributed by atoms with Crippen molar-refractivity contribution in [3.63, 3.8) is 0 Å². The Kier molecular flexibility index (Phi) is 7.57. The normalized spacial score (nSPS) is 26.0. The minimum atomic E-state index is -3.03. The molecule has 1 unspecified atom stereocenters. The summed E-state index contributed by atoms with van der Waals surface area (Å²) in [6.07, 6.45) is 10.6. The number of rotatable bonds is 8. The Morgan fingerprint density at radius 2 is 2.11 bits per heavy atom. The Labute approximate surface area is 166 Å². The number of aryl methyl sites for hydroxylation is 1. The van der Waals surface area contributed by atoms with Gasteiger partial charge < -0.3 is 14.3 Å². The summed E-state index contributed by atoms with van der Waals surface area (Å²) in [7, 11) is -1.01. The summed E-state index contributed by atoms with van der Waals surface area (Å²) in [4.78, 5) is 21.9. The number of anilines is 1. The van der Waals surface area contributed by atoms with Crippen molar-refractivity contribution in [2.45, 2.75) is 75.6 Å². The summed E-state index contributed by atoms with van der Waals surface area (Å²) in [6.45, 7) is 0. The van der Waals surface area contributed by atoms with Crippen molar-refractivity contribution in [1.82, 2.24) is 9.97 Å². The molecule has 2 aliphatic carbocycles. The zero-order valence-corrected chi connectivity index (χ0v) is 17.8. The van der Waals surface area contributed by atoms with Gasteiger partial charge in [-0.3, -0.25) is 10.3 Å². The van der Waals surface area contributed by atoms with E-state index in [9.17, 15) is 4.89 Å². The highest BCUT2D eigenvalue weighted by molar-refractivity contribution is 7.97. The van der Waals surface area contributed by atoms with Crippen LogP contribution in [0, 0.1) is 5.16 Å². The summed E-state index contributed by atoms with van der Waals surface area (Å²) < 4.78 is 5.98. The Balaban J connectivity index is 1.56. The van der Waals surface area contributed by atoms with Crippen LogP contribution in [-0.4, -0.2) is 45.5 Å². The van der Waals surface area contributed by atoms with Crippen LogP contribution < -0.4 is 10.0 Å². The largest absolute Gasteiger partial charge is 0.341 e. The van der Waals surface area contributed by atoms with Gasteiger partial charge in [0.15, 0.2) is 0 Å². The topological polar surface area (TPSA) is 108 Å². The fourth-order valence-corrected chi connectivity index (χ4v) is 6.34. The highest BCUT2D eigenvalue weighted by Crippen LogP contribution is 2.55. The first-order valence-electron chi connectivity index (χ1n) is 9.91. The molecule has 9 heteroatoms. The summed E-state index contributed by atoms with van der Waals surface area (Å²) in [5.41, 5.74) is 1.04. The van der Waals surface area contributed by atoms with Crippen molar-refractivity contribution < 1.29 is 9.42 Å². The third-order valence-corrected chi connectivity index (χ3v) is 8.34. The van der Waals surface area contributed by atoms with Crippen LogP contribution in [0.5, 0.6) is 0 Å². The van der Waals surface area contributed by atoms with Crippen molar-refractivity contribution in [2.75, 3.05) is 17.7 Å². The predicted octanol–water partition coefficient (Wildman–Crippen LogP) is 3.93. The molecule has 1 aromatic rings. The van der Waals surface area contributed by atoms with Gasteiger partial charge in [-0.15, -0.1) is 0 Å². The molecule has 2 fully saturated rings. The summed E-state index contributed by atoms with van der Waals surface area (Å²) in [5.74, 6) is 1.57. The van der Waals surface area contributed by atoms with Gasteiger partial charge in [0.2, 0.25) is 13.5 Å². The number of nitrogens with one attached hydrogen (secondary N) is 1. The molecule has 152 valence electrons. The summed E-state index contributed by atoms with van der Waals surface area (Å²) >= 11 is 1.32. The molecular formula is C18H32N5O2PS. The summed E-state index contributed by atoms with van der Waals surface area (Å²) in [6, 6.07) is 2.21. The number of hydrogen-bond donors (Lipinski definition) is 3. The van der Waals surface area contributed by atoms with E-state index < -0.39 is 7.51 Å². The van der Waals surface area contributed by atoms with Crippen LogP contribution in [0.1, 0.15) is 57.1 Å². The van der Waals surface area contributed by atoms with E-state index in [2.05, 4.69) is 14.9 Å². The van der Waals surface area contributed by atoms with Crippen molar-refractivity contribution in [1.29, 1.82) is 5.16 Å².